The third kappa shape index (κ3) is 4.37. The quantitative estimate of drug-likeness (QED) is 0.576. The number of ketones is 1. The smallest absolute Gasteiger partial charge is 0.139 e. The Morgan fingerprint density at radius 3 is 2.31 bits per heavy atom. The van der Waals surface area contributed by atoms with E-state index < -0.39 is 0 Å². The molecule has 1 aliphatic heterocycles. The van der Waals surface area contributed by atoms with Crippen molar-refractivity contribution in [2.45, 2.75) is 90.6 Å². The molecule has 0 radical (unpaired) electrons. The lowest BCUT2D eigenvalue weighted by Crippen LogP contribution is -2.67. The topological polar surface area (TPSA) is 29.5 Å². The fourth-order valence-electron chi connectivity index (χ4n) is 5.06. The first kappa shape index (κ1) is 21.1. The first-order valence-corrected chi connectivity index (χ1v) is 10.4. The van der Waals surface area contributed by atoms with Crippen molar-refractivity contribution < 1.29 is 9.63 Å². The minimum Gasteiger partial charge on any atom is -0.299 e. The summed E-state index contributed by atoms with van der Waals surface area (Å²) < 4.78 is 0. The maximum absolute atomic E-state index is 13.0. The molecule has 0 aliphatic carbocycles. The molecule has 1 aromatic rings. The monoisotopic (exact) mass is 359 g/mol. The Kier molecular flexibility index (Phi) is 7.42. The number of rotatable bonds is 9. The average molecular weight is 360 g/mol. The zero-order chi connectivity index (χ0) is 19.2. The number of carbonyl (C=O) groups excluding carboxylic acids is 1. The second-order valence-electron chi connectivity index (χ2n) is 8.32. The summed E-state index contributed by atoms with van der Waals surface area (Å²) in [6.07, 6.45) is 6.47. The van der Waals surface area contributed by atoms with E-state index >= 15 is 0 Å². The maximum Gasteiger partial charge on any atom is 0.139 e. The number of nitrogens with zero attached hydrogens (tertiary/aromatic N) is 1. The van der Waals surface area contributed by atoms with Crippen molar-refractivity contribution in [3.8, 4) is 0 Å². The number of hydrogen-bond donors (Lipinski definition) is 0. The molecule has 0 spiro atoms. The molecule has 0 N–H and O–H groups in total. The lowest BCUT2D eigenvalue weighted by Gasteiger charge is -2.57. The molecule has 0 saturated carbocycles. The zero-order valence-corrected chi connectivity index (χ0v) is 17.4. The summed E-state index contributed by atoms with van der Waals surface area (Å²) in [5.41, 5.74) is 0.861. The summed E-state index contributed by atoms with van der Waals surface area (Å²) in [7, 11) is 0. The Labute approximate surface area is 160 Å². The molecule has 1 aromatic carbocycles. The van der Waals surface area contributed by atoms with E-state index in [9.17, 15) is 4.79 Å². The van der Waals surface area contributed by atoms with Crippen LogP contribution in [-0.2, 0) is 16.1 Å². The Hall–Kier alpha value is -1.19. The van der Waals surface area contributed by atoms with E-state index in [0.29, 0.717) is 18.8 Å². The van der Waals surface area contributed by atoms with Crippen LogP contribution < -0.4 is 0 Å². The van der Waals surface area contributed by atoms with Crippen LogP contribution in [0.4, 0.5) is 0 Å². The number of piperidine rings is 1. The van der Waals surface area contributed by atoms with Gasteiger partial charge in [-0.15, -0.1) is 0 Å². The highest BCUT2D eigenvalue weighted by atomic mass is 16.7. The van der Waals surface area contributed by atoms with Gasteiger partial charge in [-0.3, -0.25) is 9.63 Å². The summed E-state index contributed by atoms with van der Waals surface area (Å²) in [5.74, 6) is 0.478. The summed E-state index contributed by atoms with van der Waals surface area (Å²) in [6.45, 7) is 11.7. The Morgan fingerprint density at radius 2 is 1.73 bits per heavy atom. The van der Waals surface area contributed by atoms with Gasteiger partial charge in [0.1, 0.15) is 5.78 Å². The molecular formula is C23H37NO2. The van der Waals surface area contributed by atoms with Crippen LogP contribution in [0.3, 0.4) is 0 Å². The molecule has 3 nitrogen and oxygen atoms in total. The van der Waals surface area contributed by atoms with Crippen LogP contribution >= 0.6 is 0 Å². The van der Waals surface area contributed by atoms with Gasteiger partial charge in [-0.2, -0.15) is 5.06 Å². The van der Waals surface area contributed by atoms with Gasteiger partial charge in [0.15, 0.2) is 0 Å². The third-order valence-corrected chi connectivity index (χ3v) is 6.06. The second-order valence-corrected chi connectivity index (χ2v) is 8.32. The number of Topliss-reactive ketones (excluding diaryl/α,β-unsaturated/α-hetero) is 1. The summed E-state index contributed by atoms with van der Waals surface area (Å²) in [4.78, 5) is 19.4. The van der Waals surface area contributed by atoms with Gasteiger partial charge in [0.05, 0.1) is 17.7 Å². The van der Waals surface area contributed by atoms with E-state index in [0.717, 1.165) is 38.5 Å². The van der Waals surface area contributed by atoms with Crippen molar-refractivity contribution in [2.75, 3.05) is 6.61 Å². The molecule has 1 saturated heterocycles. The lowest BCUT2D eigenvalue weighted by atomic mass is 9.67. The summed E-state index contributed by atoms with van der Waals surface area (Å²) >= 11 is 0. The molecule has 26 heavy (non-hydrogen) atoms. The van der Waals surface area contributed by atoms with Crippen molar-refractivity contribution in [2.24, 2.45) is 5.92 Å². The van der Waals surface area contributed by atoms with Crippen LogP contribution in [0.1, 0.15) is 78.7 Å². The third-order valence-electron chi connectivity index (χ3n) is 6.06. The lowest BCUT2D eigenvalue weighted by molar-refractivity contribution is -0.297. The van der Waals surface area contributed by atoms with Gasteiger partial charge in [-0.25, -0.2) is 0 Å². The van der Waals surface area contributed by atoms with Gasteiger partial charge in [0, 0.05) is 12.3 Å². The predicted octanol–water partition coefficient (Wildman–Crippen LogP) is 5.58. The molecule has 3 heteroatoms. The first-order valence-electron chi connectivity index (χ1n) is 10.4. The fourth-order valence-corrected chi connectivity index (χ4v) is 5.06. The normalized spacial score (nSPS) is 29.9. The summed E-state index contributed by atoms with van der Waals surface area (Å²) in [5, 5.41) is 2.26. The predicted molar refractivity (Wildman–Crippen MR) is 108 cm³/mol. The van der Waals surface area contributed by atoms with Gasteiger partial charge >= 0.3 is 0 Å². The van der Waals surface area contributed by atoms with Crippen molar-refractivity contribution in [3.05, 3.63) is 35.9 Å². The number of carbonyl (C=O) groups is 1. The van der Waals surface area contributed by atoms with E-state index in [1.54, 1.807) is 0 Å². The van der Waals surface area contributed by atoms with E-state index in [1.165, 1.54) is 5.56 Å². The highest BCUT2D eigenvalue weighted by Crippen LogP contribution is 2.46. The molecule has 146 valence electrons. The summed E-state index contributed by atoms with van der Waals surface area (Å²) in [6, 6.07) is 10.5. The average Bonchev–Trinajstić information content (AvgIpc) is 2.59. The van der Waals surface area contributed by atoms with Gasteiger partial charge in [-0.1, -0.05) is 63.9 Å². The highest BCUT2D eigenvalue weighted by Gasteiger charge is 2.55. The second kappa shape index (κ2) is 9.14. The molecule has 0 amide bonds. The van der Waals surface area contributed by atoms with Gasteiger partial charge < -0.3 is 0 Å². The van der Waals surface area contributed by atoms with Crippen LogP contribution in [0.15, 0.2) is 30.3 Å². The highest BCUT2D eigenvalue weighted by molar-refractivity contribution is 5.84. The number of benzene rings is 1. The molecule has 2 rings (SSSR count). The SMILES string of the molecule is CCCC1(C)CC(=O)C(CC)C(C)(CCC)N1OCCc1ccccc1. The van der Waals surface area contributed by atoms with Gasteiger partial charge in [-0.05, 0) is 45.1 Å². The molecule has 1 aliphatic rings. The number of hydroxylamine groups is 2. The Bertz CT molecular complexity index is 573. The molecule has 3 unspecified atom stereocenters. The van der Waals surface area contributed by atoms with Crippen LogP contribution in [0.25, 0.3) is 0 Å². The molecule has 0 aromatic heterocycles. The van der Waals surface area contributed by atoms with Gasteiger partial charge in [0.2, 0.25) is 0 Å². The standard InChI is InChI=1S/C23H37NO2/c1-6-15-22(4)18-21(25)20(8-3)23(5,16-7-2)24(22)26-17-14-19-12-10-9-11-13-19/h9-13,20H,6-8,14-18H2,1-5H3. The Balaban J connectivity index is 2.24. The van der Waals surface area contributed by atoms with E-state index in [4.69, 9.17) is 4.84 Å². The van der Waals surface area contributed by atoms with Crippen LogP contribution in [0.5, 0.6) is 0 Å². The van der Waals surface area contributed by atoms with E-state index in [1.807, 2.05) is 6.07 Å². The van der Waals surface area contributed by atoms with Crippen LogP contribution in [-0.4, -0.2) is 28.5 Å². The largest absolute Gasteiger partial charge is 0.299 e. The van der Waals surface area contributed by atoms with Crippen molar-refractivity contribution in [1.29, 1.82) is 0 Å². The van der Waals surface area contributed by atoms with Crippen molar-refractivity contribution in [3.63, 3.8) is 0 Å². The van der Waals surface area contributed by atoms with E-state index in [2.05, 4.69) is 63.9 Å². The van der Waals surface area contributed by atoms with Crippen molar-refractivity contribution in [1.82, 2.24) is 5.06 Å². The van der Waals surface area contributed by atoms with Crippen LogP contribution in [0.2, 0.25) is 0 Å². The van der Waals surface area contributed by atoms with Crippen molar-refractivity contribution >= 4 is 5.78 Å². The van der Waals surface area contributed by atoms with E-state index in [-0.39, 0.29) is 17.0 Å². The molecule has 1 fully saturated rings. The first-order chi connectivity index (χ1) is 12.4. The van der Waals surface area contributed by atoms with Gasteiger partial charge in [0.25, 0.3) is 0 Å². The molecule has 1 heterocycles. The number of hydrogen-bond acceptors (Lipinski definition) is 3. The molecule has 3 atom stereocenters. The fraction of sp³-hybridized carbons (Fsp3) is 0.696. The molecule has 0 bridgehead atoms. The molecular weight excluding hydrogens is 322 g/mol. The minimum absolute atomic E-state index is 0.0594. The maximum atomic E-state index is 13.0. The van der Waals surface area contributed by atoms with Crippen LogP contribution in [0, 0.1) is 5.92 Å². The minimum atomic E-state index is -0.223. The zero-order valence-electron chi connectivity index (χ0n) is 17.4. The Morgan fingerprint density at radius 1 is 1.08 bits per heavy atom.